The van der Waals surface area contributed by atoms with Crippen molar-refractivity contribution in [2.75, 3.05) is 10.8 Å². The van der Waals surface area contributed by atoms with E-state index in [-0.39, 0.29) is 10.7 Å². The van der Waals surface area contributed by atoms with E-state index in [0.717, 1.165) is 38.1 Å². The van der Waals surface area contributed by atoms with E-state index in [1.54, 1.807) is 24.3 Å². The van der Waals surface area contributed by atoms with Gasteiger partial charge in [0.05, 0.1) is 16.8 Å². The average Bonchev–Trinajstić information content (AvgIpc) is 3.17. The summed E-state index contributed by atoms with van der Waals surface area (Å²) in [7, 11) is -4.08. The van der Waals surface area contributed by atoms with Crippen LogP contribution in [0.5, 0.6) is 0 Å². The maximum atomic E-state index is 13.5. The van der Waals surface area contributed by atoms with Crippen LogP contribution >= 0.6 is 11.6 Å². The normalized spacial score (nSPS) is 11.6. The molecule has 3 aromatic carbocycles. The molecule has 4 aromatic rings. The standard InChI is InChI=1S/C29H28ClFN4O3S/c1-19-5-10-27(15-20(19)2)34(39(37,38)28-13-6-24(30)7-14-28)18-29(36)33-32-17-23-16-21(3)35(22(23)4)26-11-8-25(31)9-12-26/h5-17H,18H2,1-4H3,(H,33,36)/b32-17-. The minimum atomic E-state index is -4.08. The Hall–Kier alpha value is -3.95. The third kappa shape index (κ3) is 6.21. The molecule has 7 nitrogen and oxygen atoms in total. The fourth-order valence-electron chi connectivity index (χ4n) is 4.17. The van der Waals surface area contributed by atoms with Crippen LogP contribution in [-0.2, 0) is 14.8 Å². The molecular weight excluding hydrogens is 539 g/mol. The van der Waals surface area contributed by atoms with Crippen LogP contribution in [0.25, 0.3) is 5.69 Å². The number of halogens is 2. The SMILES string of the molecule is Cc1ccc(N(CC(=O)N/N=C\c2cc(C)n(-c3ccc(F)cc3)c2C)S(=O)(=O)c2ccc(Cl)cc2)cc1C. The highest BCUT2D eigenvalue weighted by atomic mass is 35.5. The number of rotatable bonds is 8. The van der Waals surface area contributed by atoms with Gasteiger partial charge in [-0.3, -0.25) is 9.10 Å². The second kappa shape index (κ2) is 11.4. The van der Waals surface area contributed by atoms with Gasteiger partial charge in [-0.25, -0.2) is 18.2 Å². The molecule has 0 atom stereocenters. The van der Waals surface area contributed by atoms with Crippen molar-refractivity contribution >= 4 is 39.4 Å². The van der Waals surface area contributed by atoms with E-state index in [1.165, 1.54) is 42.6 Å². The lowest BCUT2D eigenvalue weighted by molar-refractivity contribution is -0.119. The molecule has 0 aliphatic heterocycles. The molecule has 1 aromatic heterocycles. The number of anilines is 1. The van der Waals surface area contributed by atoms with Crippen molar-refractivity contribution in [1.82, 2.24) is 9.99 Å². The van der Waals surface area contributed by atoms with E-state index in [0.29, 0.717) is 10.7 Å². The second-order valence-corrected chi connectivity index (χ2v) is 11.5. The minimum Gasteiger partial charge on any atom is -0.318 e. The maximum Gasteiger partial charge on any atom is 0.264 e. The van der Waals surface area contributed by atoms with Gasteiger partial charge in [-0.1, -0.05) is 17.7 Å². The van der Waals surface area contributed by atoms with Gasteiger partial charge >= 0.3 is 0 Å². The second-order valence-electron chi connectivity index (χ2n) is 9.17. The Morgan fingerprint density at radius 3 is 2.28 bits per heavy atom. The van der Waals surface area contributed by atoms with Gasteiger partial charge in [0.2, 0.25) is 0 Å². The summed E-state index contributed by atoms with van der Waals surface area (Å²) in [5.74, 6) is -0.937. The Kier molecular flexibility index (Phi) is 8.22. The topological polar surface area (TPSA) is 83.8 Å². The minimum absolute atomic E-state index is 0.00895. The van der Waals surface area contributed by atoms with Crippen LogP contribution in [-0.4, -0.2) is 31.7 Å². The number of nitrogens with one attached hydrogen (secondary N) is 1. The van der Waals surface area contributed by atoms with Gasteiger partial charge in [-0.2, -0.15) is 5.10 Å². The van der Waals surface area contributed by atoms with E-state index >= 15 is 0 Å². The molecule has 0 aliphatic rings. The van der Waals surface area contributed by atoms with Gasteiger partial charge in [0, 0.05) is 27.7 Å². The lowest BCUT2D eigenvalue weighted by Gasteiger charge is -2.24. The number of aryl methyl sites for hydroxylation is 3. The molecule has 0 saturated carbocycles. The van der Waals surface area contributed by atoms with E-state index in [2.05, 4.69) is 10.5 Å². The zero-order valence-corrected chi connectivity index (χ0v) is 23.5. The summed E-state index contributed by atoms with van der Waals surface area (Å²) < 4.78 is 43.5. The quantitative estimate of drug-likeness (QED) is 0.214. The molecule has 0 saturated heterocycles. The number of hydrazone groups is 1. The lowest BCUT2D eigenvalue weighted by atomic mass is 10.1. The summed E-state index contributed by atoms with van der Waals surface area (Å²) in [6, 6.07) is 19.0. The van der Waals surface area contributed by atoms with E-state index in [9.17, 15) is 17.6 Å². The molecule has 1 heterocycles. The number of aromatic nitrogens is 1. The van der Waals surface area contributed by atoms with Crippen molar-refractivity contribution in [3.8, 4) is 5.69 Å². The molecule has 202 valence electrons. The lowest BCUT2D eigenvalue weighted by Crippen LogP contribution is -2.39. The molecular formula is C29H28ClFN4O3S. The summed E-state index contributed by atoms with van der Waals surface area (Å²) in [6.45, 7) is 7.11. The van der Waals surface area contributed by atoms with Crippen molar-refractivity contribution in [3.63, 3.8) is 0 Å². The number of amides is 1. The van der Waals surface area contributed by atoms with Crippen LogP contribution in [0.4, 0.5) is 10.1 Å². The van der Waals surface area contributed by atoms with Crippen LogP contribution in [0, 0.1) is 33.5 Å². The van der Waals surface area contributed by atoms with Crippen LogP contribution in [0.3, 0.4) is 0 Å². The van der Waals surface area contributed by atoms with E-state index in [4.69, 9.17) is 11.6 Å². The Labute approximate surface area is 232 Å². The van der Waals surface area contributed by atoms with Gasteiger partial charge in [0.1, 0.15) is 12.4 Å². The molecule has 0 aliphatic carbocycles. The first-order valence-corrected chi connectivity index (χ1v) is 13.9. The van der Waals surface area contributed by atoms with Crippen molar-refractivity contribution < 1.29 is 17.6 Å². The first-order valence-electron chi connectivity index (χ1n) is 12.1. The number of carbonyl (C=O) groups excluding carboxylic acids is 1. The summed E-state index contributed by atoms with van der Waals surface area (Å²) >= 11 is 5.95. The third-order valence-electron chi connectivity index (χ3n) is 6.42. The predicted octanol–water partition coefficient (Wildman–Crippen LogP) is 5.85. The zero-order chi connectivity index (χ0) is 28.3. The number of nitrogens with zero attached hydrogens (tertiary/aromatic N) is 3. The van der Waals surface area contributed by atoms with Crippen molar-refractivity contribution in [3.05, 3.63) is 112 Å². The van der Waals surface area contributed by atoms with Crippen LogP contribution < -0.4 is 9.73 Å². The molecule has 1 N–H and O–H groups in total. The molecule has 0 unspecified atom stereocenters. The molecule has 4 rings (SSSR count). The number of sulfonamides is 1. The van der Waals surface area contributed by atoms with Gasteiger partial charge in [-0.05, 0) is 106 Å². The van der Waals surface area contributed by atoms with Crippen LogP contribution in [0.2, 0.25) is 5.02 Å². The fourth-order valence-corrected chi connectivity index (χ4v) is 5.71. The third-order valence-corrected chi connectivity index (χ3v) is 8.46. The number of hydrogen-bond donors (Lipinski definition) is 1. The van der Waals surface area contributed by atoms with E-state index in [1.807, 2.05) is 44.4 Å². The fraction of sp³-hybridized carbons (Fsp3) is 0.172. The molecule has 39 heavy (non-hydrogen) atoms. The summed E-state index contributed by atoms with van der Waals surface area (Å²) in [5, 5.41) is 4.47. The molecule has 0 fully saturated rings. The van der Waals surface area contributed by atoms with Crippen LogP contribution in [0.15, 0.2) is 82.8 Å². The molecule has 0 spiro atoms. The molecule has 1 amide bonds. The average molecular weight is 567 g/mol. The van der Waals surface area contributed by atoms with Gasteiger partial charge in [0.25, 0.3) is 15.9 Å². The number of hydrogen-bond acceptors (Lipinski definition) is 4. The summed E-state index contributed by atoms with van der Waals surface area (Å²) in [4.78, 5) is 12.9. The maximum absolute atomic E-state index is 13.5. The zero-order valence-electron chi connectivity index (χ0n) is 21.9. The highest BCUT2D eigenvalue weighted by molar-refractivity contribution is 7.92. The monoisotopic (exact) mass is 566 g/mol. The Morgan fingerprint density at radius 2 is 1.64 bits per heavy atom. The van der Waals surface area contributed by atoms with Crippen molar-refractivity contribution in [2.45, 2.75) is 32.6 Å². The molecule has 10 heteroatoms. The highest BCUT2D eigenvalue weighted by Crippen LogP contribution is 2.26. The predicted molar refractivity (Wildman–Crippen MR) is 153 cm³/mol. The van der Waals surface area contributed by atoms with Crippen LogP contribution in [0.1, 0.15) is 28.1 Å². The molecule has 0 radical (unpaired) electrons. The Morgan fingerprint density at radius 1 is 0.974 bits per heavy atom. The highest BCUT2D eigenvalue weighted by Gasteiger charge is 2.27. The van der Waals surface area contributed by atoms with Gasteiger partial charge < -0.3 is 4.57 Å². The first-order chi connectivity index (χ1) is 18.5. The number of carbonyl (C=O) groups is 1. The van der Waals surface area contributed by atoms with Crippen molar-refractivity contribution in [1.29, 1.82) is 0 Å². The number of benzene rings is 3. The van der Waals surface area contributed by atoms with Crippen molar-refractivity contribution in [2.24, 2.45) is 5.10 Å². The molecule has 0 bridgehead atoms. The summed E-state index contributed by atoms with van der Waals surface area (Å²) in [5.41, 5.74) is 7.97. The summed E-state index contributed by atoms with van der Waals surface area (Å²) in [6.07, 6.45) is 1.49. The Balaban J connectivity index is 1.57. The Bertz CT molecular complexity index is 1650. The van der Waals surface area contributed by atoms with E-state index < -0.39 is 22.5 Å². The first kappa shape index (κ1) is 28.1. The van der Waals surface area contributed by atoms with Gasteiger partial charge in [-0.15, -0.1) is 0 Å². The smallest absolute Gasteiger partial charge is 0.264 e. The van der Waals surface area contributed by atoms with Gasteiger partial charge in [0.15, 0.2) is 0 Å². The largest absolute Gasteiger partial charge is 0.318 e.